The molecule has 0 amide bonds. The van der Waals surface area contributed by atoms with Crippen LogP contribution in [0.1, 0.15) is 5.56 Å². The zero-order chi connectivity index (χ0) is 17.3. The maximum Gasteiger partial charge on any atom is 0.161 e. The van der Waals surface area contributed by atoms with Crippen LogP contribution < -0.4 is 14.8 Å². The minimum Gasteiger partial charge on any atom is -0.493 e. The number of methoxy groups -OCH3 is 1. The maximum absolute atomic E-state index is 5.77. The van der Waals surface area contributed by atoms with E-state index in [-0.39, 0.29) is 0 Å². The lowest BCUT2D eigenvalue weighted by Crippen LogP contribution is -2.20. The molecule has 0 fully saturated rings. The fraction of sp³-hybridized carbons (Fsp3) is 0.182. The van der Waals surface area contributed by atoms with E-state index >= 15 is 0 Å². The largest absolute Gasteiger partial charge is 0.493 e. The number of hydrogen-bond donors (Lipinski definition) is 1. The minimum absolute atomic E-state index is 0.596. The Morgan fingerprint density at radius 3 is 2.28 bits per heavy atom. The molecule has 25 heavy (non-hydrogen) atoms. The summed E-state index contributed by atoms with van der Waals surface area (Å²) in [4.78, 5) is 0. The first kappa shape index (κ1) is 17.1. The van der Waals surface area contributed by atoms with Crippen molar-refractivity contribution >= 4 is 0 Å². The number of nitrogens with one attached hydrogen (secondary N) is 1. The Labute approximate surface area is 149 Å². The fourth-order valence-corrected chi connectivity index (χ4v) is 2.70. The second-order valence-corrected chi connectivity index (χ2v) is 5.74. The van der Waals surface area contributed by atoms with Crippen molar-refractivity contribution in [2.45, 2.75) is 6.54 Å². The monoisotopic (exact) mass is 333 g/mol. The highest BCUT2D eigenvalue weighted by molar-refractivity contribution is 5.63. The molecule has 0 saturated carbocycles. The van der Waals surface area contributed by atoms with Crippen LogP contribution in [0.25, 0.3) is 11.1 Å². The van der Waals surface area contributed by atoms with Gasteiger partial charge in [0.15, 0.2) is 11.5 Å². The Morgan fingerprint density at radius 1 is 0.760 bits per heavy atom. The zero-order valence-electron chi connectivity index (χ0n) is 14.4. The van der Waals surface area contributed by atoms with Crippen molar-refractivity contribution in [3.63, 3.8) is 0 Å². The summed E-state index contributed by atoms with van der Waals surface area (Å²) in [6.07, 6.45) is 0. The summed E-state index contributed by atoms with van der Waals surface area (Å²) in [6, 6.07) is 26.7. The van der Waals surface area contributed by atoms with Gasteiger partial charge in [-0.25, -0.2) is 0 Å². The van der Waals surface area contributed by atoms with Crippen LogP contribution in [0.5, 0.6) is 11.5 Å². The van der Waals surface area contributed by atoms with Gasteiger partial charge >= 0.3 is 0 Å². The molecule has 0 aromatic heterocycles. The Morgan fingerprint density at radius 2 is 1.48 bits per heavy atom. The smallest absolute Gasteiger partial charge is 0.161 e. The van der Waals surface area contributed by atoms with Crippen LogP contribution in [0.3, 0.4) is 0 Å². The molecule has 0 saturated heterocycles. The van der Waals surface area contributed by atoms with Crippen molar-refractivity contribution in [1.82, 2.24) is 5.32 Å². The first-order chi connectivity index (χ1) is 12.4. The second-order valence-electron chi connectivity index (χ2n) is 5.74. The maximum atomic E-state index is 5.77. The van der Waals surface area contributed by atoms with E-state index in [1.807, 2.05) is 30.3 Å². The molecule has 1 N–H and O–H groups in total. The Balaban J connectivity index is 1.48. The van der Waals surface area contributed by atoms with Gasteiger partial charge in [-0.3, -0.25) is 0 Å². The second kappa shape index (κ2) is 8.90. The first-order valence-electron chi connectivity index (χ1n) is 8.48. The van der Waals surface area contributed by atoms with Gasteiger partial charge < -0.3 is 14.8 Å². The van der Waals surface area contributed by atoms with Gasteiger partial charge in [0.25, 0.3) is 0 Å². The number of rotatable bonds is 8. The van der Waals surface area contributed by atoms with E-state index in [0.717, 1.165) is 24.6 Å². The standard InChI is InChI=1S/C22H23NO2/c1-24-21-12-5-6-13-22(21)25-15-14-23-17-18-8-7-11-20(16-18)19-9-3-2-4-10-19/h2-13,16,23H,14-15,17H2,1H3. The molecular weight excluding hydrogens is 310 g/mol. The van der Waals surface area contributed by atoms with E-state index in [1.54, 1.807) is 7.11 Å². The van der Waals surface area contributed by atoms with Crippen LogP contribution in [0.4, 0.5) is 0 Å². The van der Waals surface area contributed by atoms with Crippen molar-refractivity contribution < 1.29 is 9.47 Å². The molecule has 3 aromatic rings. The minimum atomic E-state index is 0.596. The Kier molecular flexibility index (Phi) is 6.07. The summed E-state index contributed by atoms with van der Waals surface area (Å²) < 4.78 is 11.1. The molecule has 0 unspecified atom stereocenters. The SMILES string of the molecule is COc1ccccc1OCCNCc1cccc(-c2ccccc2)c1. The highest BCUT2D eigenvalue weighted by atomic mass is 16.5. The Bertz CT molecular complexity index is 787. The van der Waals surface area contributed by atoms with Crippen LogP contribution in [-0.4, -0.2) is 20.3 Å². The van der Waals surface area contributed by atoms with Gasteiger partial charge in [0, 0.05) is 13.1 Å². The summed E-state index contributed by atoms with van der Waals surface area (Å²) in [7, 11) is 1.65. The average molecular weight is 333 g/mol. The molecule has 0 atom stereocenters. The predicted octanol–water partition coefficient (Wildman–Crippen LogP) is 4.53. The molecule has 0 spiro atoms. The molecule has 0 aliphatic carbocycles. The number of para-hydroxylation sites is 2. The van der Waals surface area contributed by atoms with Gasteiger partial charge in [-0.15, -0.1) is 0 Å². The van der Waals surface area contributed by atoms with E-state index in [4.69, 9.17) is 9.47 Å². The third kappa shape index (κ3) is 4.85. The fourth-order valence-electron chi connectivity index (χ4n) is 2.70. The van der Waals surface area contributed by atoms with Crippen molar-refractivity contribution in [3.8, 4) is 22.6 Å². The molecule has 3 heteroatoms. The van der Waals surface area contributed by atoms with Gasteiger partial charge in [0.1, 0.15) is 6.61 Å². The molecule has 3 aromatic carbocycles. The van der Waals surface area contributed by atoms with Crippen molar-refractivity contribution in [2.24, 2.45) is 0 Å². The molecule has 3 rings (SSSR count). The zero-order valence-corrected chi connectivity index (χ0v) is 14.4. The highest BCUT2D eigenvalue weighted by Crippen LogP contribution is 2.25. The summed E-state index contributed by atoms with van der Waals surface area (Å²) in [5.41, 5.74) is 3.74. The molecule has 0 radical (unpaired) electrons. The summed E-state index contributed by atoms with van der Waals surface area (Å²) >= 11 is 0. The highest BCUT2D eigenvalue weighted by Gasteiger charge is 2.02. The molecule has 0 heterocycles. The first-order valence-corrected chi connectivity index (χ1v) is 8.48. The van der Waals surface area contributed by atoms with Gasteiger partial charge in [0.2, 0.25) is 0 Å². The van der Waals surface area contributed by atoms with Crippen molar-refractivity contribution in [1.29, 1.82) is 0 Å². The van der Waals surface area contributed by atoms with Crippen molar-refractivity contribution in [2.75, 3.05) is 20.3 Å². The van der Waals surface area contributed by atoms with E-state index in [1.165, 1.54) is 16.7 Å². The van der Waals surface area contributed by atoms with E-state index in [9.17, 15) is 0 Å². The summed E-state index contributed by atoms with van der Waals surface area (Å²) in [5.74, 6) is 1.54. The van der Waals surface area contributed by atoms with E-state index in [2.05, 4.69) is 53.8 Å². The van der Waals surface area contributed by atoms with Gasteiger partial charge in [-0.1, -0.05) is 60.7 Å². The van der Waals surface area contributed by atoms with Crippen LogP contribution in [-0.2, 0) is 6.54 Å². The lowest BCUT2D eigenvalue weighted by molar-refractivity contribution is 0.292. The molecule has 0 bridgehead atoms. The molecule has 0 aliphatic heterocycles. The summed E-state index contributed by atoms with van der Waals surface area (Å²) in [6.45, 7) is 2.18. The van der Waals surface area contributed by atoms with Gasteiger partial charge in [-0.05, 0) is 34.9 Å². The molecule has 128 valence electrons. The number of hydrogen-bond acceptors (Lipinski definition) is 3. The predicted molar refractivity (Wildman–Crippen MR) is 102 cm³/mol. The topological polar surface area (TPSA) is 30.5 Å². The third-order valence-electron chi connectivity index (χ3n) is 3.97. The van der Waals surface area contributed by atoms with Gasteiger partial charge in [0.05, 0.1) is 7.11 Å². The van der Waals surface area contributed by atoms with Crippen LogP contribution in [0, 0.1) is 0 Å². The normalized spacial score (nSPS) is 10.4. The van der Waals surface area contributed by atoms with Crippen LogP contribution in [0.2, 0.25) is 0 Å². The van der Waals surface area contributed by atoms with Gasteiger partial charge in [-0.2, -0.15) is 0 Å². The third-order valence-corrected chi connectivity index (χ3v) is 3.97. The number of benzene rings is 3. The van der Waals surface area contributed by atoms with E-state index in [0.29, 0.717) is 6.61 Å². The van der Waals surface area contributed by atoms with Crippen LogP contribution >= 0.6 is 0 Å². The molecule has 3 nitrogen and oxygen atoms in total. The Hall–Kier alpha value is -2.78. The quantitative estimate of drug-likeness (QED) is 0.614. The van der Waals surface area contributed by atoms with E-state index < -0.39 is 0 Å². The lowest BCUT2D eigenvalue weighted by atomic mass is 10.0. The average Bonchev–Trinajstić information content (AvgIpc) is 2.69. The number of ether oxygens (including phenoxy) is 2. The summed E-state index contributed by atoms with van der Waals surface area (Å²) in [5, 5.41) is 3.42. The van der Waals surface area contributed by atoms with Crippen molar-refractivity contribution in [3.05, 3.63) is 84.4 Å². The lowest BCUT2D eigenvalue weighted by Gasteiger charge is -2.11. The van der Waals surface area contributed by atoms with Crippen LogP contribution in [0.15, 0.2) is 78.9 Å². The molecular formula is C22H23NO2. The molecule has 0 aliphatic rings.